The van der Waals surface area contributed by atoms with Crippen molar-refractivity contribution in [3.63, 3.8) is 0 Å². The van der Waals surface area contributed by atoms with Crippen LogP contribution in [0.2, 0.25) is 0 Å². The van der Waals surface area contributed by atoms with Gasteiger partial charge in [-0.25, -0.2) is 0 Å². The van der Waals surface area contributed by atoms with Crippen LogP contribution in [0.3, 0.4) is 0 Å². The van der Waals surface area contributed by atoms with Gasteiger partial charge in [0.05, 0.1) is 6.61 Å². The maximum atomic E-state index is 5.89. The fourth-order valence-corrected chi connectivity index (χ4v) is 3.56. The minimum atomic E-state index is 0.286. The molecule has 0 aromatic heterocycles. The summed E-state index contributed by atoms with van der Waals surface area (Å²) in [4.78, 5) is 0. The molecule has 2 aliphatic rings. The van der Waals surface area contributed by atoms with Crippen LogP contribution < -0.4 is 14.8 Å². The largest absolute Gasteiger partial charge is 0.494 e. The van der Waals surface area contributed by atoms with Crippen LogP contribution in [0.15, 0.2) is 12.1 Å². The van der Waals surface area contributed by atoms with E-state index >= 15 is 0 Å². The molecule has 0 spiro atoms. The van der Waals surface area contributed by atoms with E-state index in [0.29, 0.717) is 12.6 Å². The number of hydrogen-bond donors (Lipinski definition) is 1. The lowest BCUT2D eigenvalue weighted by atomic mass is 10.1. The minimum Gasteiger partial charge on any atom is -0.494 e. The molecule has 3 nitrogen and oxygen atoms in total. The van der Waals surface area contributed by atoms with Gasteiger partial charge in [0, 0.05) is 30.1 Å². The highest BCUT2D eigenvalue weighted by Crippen LogP contribution is 2.35. The quantitative estimate of drug-likeness (QED) is 0.897. The molecule has 3 unspecified atom stereocenters. The maximum absolute atomic E-state index is 5.89. The van der Waals surface area contributed by atoms with Crippen molar-refractivity contribution in [2.24, 2.45) is 5.92 Å². The second kappa shape index (κ2) is 6.27. The second-order valence-electron chi connectivity index (χ2n) is 6.63. The van der Waals surface area contributed by atoms with Crippen LogP contribution in [-0.4, -0.2) is 18.8 Å². The molecule has 0 saturated heterocycles. The van der Waals surface area contributed by atoms with Gasteiger partial charge in [0.15, 0.2) is 0 Å². The van der Waals surface area contributed by atoms with Crippen molar-refractivity contribution < 1.29 is 9.47 Å². The number of fused-ring (bicyclic) bond motifs is 1. The molecule has 1 aromatic carbocycles. The molecule has 0 radical (unpaired) electrons. The SMILES string of the molecule is CCOc1cc2c(cc1CNC1CCC(C)C1)OC(C)C2. The highest BCUT2D eigenvalue weighted by molar-refractivity contribution is 5.48. The molecule has 3 rings (SSSR count). The fourth-order valence-electron chi connectivity index (χ4n) is 3.56. The van der Waals surface area contributed by atoms with E-state index in [1.54, 1.807) is 0 Å². The Labute approximate surface area is 128 Å². The number of ether oxygens (including phenoxy) is 2. The maximum Gasteiger partial charge on any atom is 0.124 e. The van der Waals surface area contributed by atoms with E-state index < -0.39 is 0 Å². The zero-order valence-electron chi connectivity index (χ0n) is 13.4. The molecule has 1 N–H and O–H groups in total. The van der Waals surface area contributed by atoms with E-state index in [1.807, 2.05) is 6.92 Å². The Morgan fingerprint density at radius 1 is 1.29 bits per heavy atom. The smallest absolute Gasteiger partial charge is 0.124 e. The standard InChI is InChI=1S/C18H27NO2/c1-4-20-17-9-14-8-13(3)21-18(14)10-15(17)11-19-16-6-5-12(2)7-16/h9-10,12-13,16,19H,4-8,11H2,1-3H3. The first-order valence-corrected chi connectivity index (χ1v) is 8.34. The van der Waals surface area contributed by atoms with Crippen LogP contribution in [0.25, 0.3) is 0 Å². The molecule has 1 aliphatic heterocycles. The Balaban J connectivity index is 1.72. The third-order valence-corrected chi connectivity index (χ3v) is 4.65. The van der Waals surface area contributed by atoms with Crippen LogP contribution in [0.5, 0.6) is 11.5 Å². The first kappa shape index (κ1) is 14.7. The molecule has 1 aromatic rings. The molecule has 1 aliphatic carbocycles. The van der Waals surface area contributed by atoms with Crippen molar-refractivity contribution >= 4 is 0 Å². The summed E-state index contributed by atoms with van der Waals surface area (Å²) in [7, 11) is 0. The van der Waals surface area contributed by atoms with Crippen molar-refractivity contribution in [2.45, 2.75) is 65.1 Å². The fraction of sp³-hybridized carbons (Fsp3) is 0.667. The highest BCUT2D eigenvalue weighted by Gasteiger charge is 2.24. The Bertz CT molecular complexity index is 500. The predicted octanol–water partition coefficient (Wildman–Crippen LogP) is 3.69. The third-order valence-electron chi connectivity index (χ3n) is 4.65. The van der Waals surface area contributed by atoms with Crippen LogP contribution in [0.1, 0.15) is 51.2 Å². The Morgan fingerprint density at radius 2 is 2.14 bits per heavy atom. The van der Waals surface area contributed by atoms with E-state index in [4.69, 9.17) is 9.47 Å². The summed E-state index contributed by atoms with van der Waals surface area (Å²) in [5.41, 5.74) is 2.51. The number of benzene rings is 1. The molecule has 21 heavy (non-hydrogen) atoms. The summed E-state index contributed by atoms with van der Waals surface area (Å²) in [5.74, 6) is 2.92. The second-order valence-corrected chi connectivity index (χ2v) is 6.63. The zero-order valence-corrected chi connectivity index (χ0v) is 13.4. The van der Waals surface area contributed by atoms with Gasteiger partial charge in [0.2, 0.25) is 0 Å². The molecule has 1 saturated carbocycles. The van der Waals surface area contributed by atoms with Crippen molar-refractivity contribution in [1.29, 1.82) is 0 Å². The van der Waals surface area contributed by atoms with Crippen LogP contribution >= 0.6 is 0 Å². The summed E-state index contributed by atoms with van der Waals surface area (Å²) < 4.78 is 11.7. The average Bonchev–Trinajstić information content (AvgIpc) is 3.01. The first-order chi connectivity index (χ1) is 10.2. The van der Waals surface area contributed by atoms with Crippen molar-refractivity contribution in [3.05, 3.63) is 23.3 Å². The number of nitrogens with one attached hydrogen (secondary N) is 1. The summed E-state index contributed by atoms with van der Waals surface area (Å²) in [6.07, 6.45) is 5.21. The van der Waals surface area contributed by atoms with E-state index in [0.717, 1.165) is 30.4 Å². The zero-order chi connectivity index (χ0) is 14.8. The van der Waals surface area contributed by atoms with Gasteiger partial charge < -0.3 is 14.8 Å². The van der Waals surface area contributed by atoms with Gasteiger partial charge in [-0.15, -0.1) is 0 Å². The normalized spacial score (nSPS) is 27.5. The lowest BCUT2D eigenvalue weighted by Gasteiger charge is -2.16. The van der Waals surface area contributed by atoms with Crippen molar-refractivity contribution in [1.82, 2.24) is 5.32 Å². The van der Waals surface area contributed by atoms with Crippen LogP contribution in [0.4, 0.5) is 0 Å². The lowest BCUT2D eigenvalue weighted by Crippen LogP contribution is -2.26. The molecule has 3 atom stereocenters. The molecule has 0 amide bonds. The highest BCUT2D eigenvalue weighted by atomic mass is 16.5. The van der Waals surface area contributed by atoms with Crippen LogP contribution in [0, 0.1) is 5.92 Å². The number of hydrogen-bond acceptors (Lipinski definition) is 3. The monoisotopic (exact) mass is 289 g/mol. The Kier molecular flexibility index (Phi) is 4.39. The molecule has 1 fully saturated rings. The van der Waals surface area contributed by atoms with Gasteiger partial charge in [-0.05, 0) is 51.2 Å². The molecule has 1 heterocycles. The van der Waals surface area contributed by atoms with Gasteiger partial charge in [-0.1, -0.05) is 6.92 Å². The van der Waals surface area contributed by atoms with Gasteiger partial charge in [0.1, 0.15) is 17.6 Å². The molecule has 0 bridgehead atoms. The molecule has 116 valence electrons. The third kappa shape index (κ3) is 3.34. The summed E-state index contributed by atoms with van der Waals surface area (Å²) >= 11 is 0. The van der Waals surface area contributed by atoms with Gasteiger partial charge >= 0.3 is 0 Å². The summed E-state index contributed by atoms with van der Waals surface area (Å²) in [6.45, 7) is 8.10. The first-order valence-electron chi connectivity index (χ1n) is 8.34. The Morgan fingerprint density at radius 3 is 2.86 bits per heavy atom. The van der Waals surface area contributed by atoms with E-state index in [1.165, 1.54) is 30.4 Å². The summed E-state index contributed by atoms with van der Waals surface area (Å²) in [6, 6.07) is 5.01. The molecular weight excluding hydrogens is 262 g/mol. The Hall–Kier alpha value is -1.22. The van der Waals surface area contributed by atoms with Crippen molar-refractivity contribution in [3.8, 4) is 11.5 Å². The van der Waals surface area contributed by atoms with Gasteiger partial charge in [-0.3, -0.25) is 0 Å². The van der Waals surface area contributed by atoms with Gasteiger partial charge in [0.25, 0.3) is 0 Å². The topological polar surface area (TPSA) is 30.5 Å². The van der Waals surface area contributed by atoms with Crippen molar-refractivity contribution in [2.75, 3.05) is 6.61 Å². The summed E-state index contributed by atoms with van der Waals surface area (Å²) in [5, 5.41) is 3.69. The van der Waals surface area contributed by atoms with E-state index in [-0.39, 0.29) is 6.10 Å². The molecule has 3 heteroatoms. The number of rotatable bonds is 5. The van der Waals surface area contributed by atoms with E-state index in [2.05, 4.69) is 31.3 Å². The predicted molar refractivity (Wildman–Crippen MR) is 85.0 cm³/mol. The van der Waals surface area contributed by atoms with Crippen LogP contribution in [-0.2, 0) is 13.0 Å². The van der Waals surface area contributed by atoms with E-state index in [9.17, 15) is 0 Å². The average molecular weight is 289 g/mol. The van der Waals surface area contributed by atoms with Gasteiger partial charge in [-0.2, -0.15) is 0 Å². The molecular formula is C18H27NO2. The minimum absolute atomic E-state index is 0.286. The lowest BCUT2D eigenvalue weighted by molar-refractivity contribution is 0.254.